The Hall–Kier alpha value is -2.08. The van der Waals surface area contributed by atoms with Crippen molar-refractivity contribution in [3.8, 4) is 0 Å². The second-order valence-corrected chi connectivity index (χ2v) is 11.7. The molecule has 1 atom stereocenters. The normalized spacial score (nSPS) is 16.1. The van der Waals surface area contributed by atoms with Crippen LogP contribution in [0.2, 0.25) is 0 Å². The number of likely N-dealkylation sites (N-methyl/N-ethyl adjacent to an activating group) is 2. The van der Waals surface area contributed by atoms with E-state index in [2.05, 4.69) is 4.98 Å². The lowest BCUT2D eigenvalue weighted by atomic mass is 10.2. The van der Waals surface area contributed by atoms with Gasteiger partial charge in [0.05, 0.1) is 21.2 Å². The fourth-order valence-electron chi connectivity index (χ4n) is 3.84. The molecule has 8 nitrogen and oxygen atoms in total. The van der Waals surface area contributed by atoms with Crippen molar-refractivity contribution in [2.24, 2.45) is 0 Å². The quantitative estimate of drug-likeness (QED) is 0.413. The molecule has 3 aromatic rings. The van der Waals surface area contributed by atoms with Gasteiger partial charge in [0.15, 0.2) is 5.13 Å². The third-order valence-electron chi connectivity index (χ3n) is 5.82. The van der Waals surface area contributed by atoms with E-state index in [1.807, 2.05) is 43.3 Å². The van der Waals surface area contributed by atoms with Gasteiger partial charge in [-0.15, -0.1) is 12.4 Å². The maximum atomic E-state index is 13.5. The number of anilines is 1. The molecule has 1 aliphatic rings. The van der Waals surface area contributed by atoms with Gasteiger partial charge in [-0.05, 0) is 63.3 Å². The van der Waals surface area contributed by atoms with Gasteiger partial charge in [0.2, 0.25) is 10.0 Å². The Kier molecular flexibility index (Phi) is 9.25. The lowest BCUT2D eigenvalue weighted by Gasteiger charge is -2.22. The van der Waals surface area contributed by atoms with Gasteiger partial charge in [-0.25, -0.2) is 13.4 Å². The SMILES string of the molecule is CN(C)CCN(C(=O)c1ccc(S(=O)(=O)N(C)CC2CCCO2)cc1)c1nc2ccccc2s1.Cl. The molecule has 190 valence electrons. The number of halogens is 1. The second kappa shape index (κ2) is 11.8. The molecule has 0 saturated carbocycles. The van der Waals surface area contributed by atoms with Gasteiger partial charge in [0.1, 0.15) is 0 Å². The number of thiazole rings is 1. The highest BCUT2D eigenvalue weighted by molar-refractivity contribution is 7.89. The van der Waals surface area contributed by atoms with E-state index < -0.39 is 10.0 Å². The van der Waals surface area contributed by atoms with Crippen LogP contribution in [0.4, 0.5) is 5.13 Å². The molecule has 1 fully saturated rings. The van der Waals surface area contributed by atoms with Gasteiger partial charge in [0.25, 0.3) is 5.91 Å². The number of sulfonamides is 1. The minimum absolute atomic E-state index is 0. The third kappa shape index (κ3) is 6.38. The van der Waals surface area contributed by atoms with Crippen LogP contribution in [0.5, 0.6) is 0 Å². The molecule has 1 aromatic heterocycles. The van der Waals surface area contributed by atoms with E-state index in [0.29, 0.717) is 36.9 Å². The van der Waals surface area contributed by atoms with Crippen LogP contribution in [0.3, 0.4) is 0 Å². The van der Waals surface area contributed by atoms with Crippen LogP contribution < -0.4 is 4.90 Å². The van der Waals surface area contributed by atoms with Crippen molar-refractivity contribution in [1.82, 2.24) is 14.2 Å². The smallest absolute Gasteiger partial charge is 0.260 e. The first-order valence-electron chi connectivity index (χ1n) is 11.3. The highest BCUT2D eigenvalue weighted by Gasteiger charge is 2.27. The molecule has 4 rings (SSSR count). The van der Waals surface area contributed by atoms with Crippen LogP contribution in [-0.2, 0) is 14.8 Å². The summed E-state index contributed by atoms with van der Waals surface area (Å²) in [6.07, 6.45) is 1.75. The first kappa shape index (κ1) is 27.5. The van der Waals surface area contributed by atoms with Crippen molar-refractivity contribution < 1.29 is 17.9 Å². The summed E-state index contributed by atoms with van der Waals surface area (Å²) in [4.78, 5) is 21.9. The van der Waals surface area contributed by atoms with Gasteiger partial charge < -0.3 is 9.64 Å². The van der Waals surface area contributed by atoms with Crippen molar-refractivity contribution in [3.63, 3.8) is 0 Å². The molecule has 1 amide bonds. The summed E-state index contributed by atoms with van der Waals surface area (Å²) in [5.74, 6) is -0.211. The van der Waals surface area contributed by atoms with Crippen LogP contribution in [-0.4, -0.2) is 82.0 Å². The molecule has 0 bridgehead atoms. The number of hydrogen-bond acceptors (Lipinski definition) is 7. The molecule has 0 spiro atoms. The predicted octanol–water partition coefficient (Wildman–Crippen LogP) is 3.73. The van der Waals surface area contributed by atoms with Crippen LogP contribution in [0, 0.1) is 0 Å². The summed E-state index contributed by atoms with van der Waals surface area (Å²) < 4.78 is 33.9. The number of amides is 1. The Balaban J connectivity index is 0.00000342. The summed E-state index contributed by atoms with van der Waals surface area (Å²) in [7, 11) is 1.80. The van der Waals surface area contributed by atoms with E-state index >= 15 is 0 Å². The average molecular weight is 539 g/mol. The van der Waals surface area contributed by atoms with Crippen molar-refractivity contribution in [2.45, 2.75) is 23.8 Å². The van der Waals surface area contributed by atoms with E-state index in [1.54, 1.807) is 24.1 Å². The fourth-order valence-corrected chi connectivity index (χ4v) is 6.03. The van der Waals surface area contributed by atoms with Gasteiger partial charge >= 0.3 is 0 Å². The largest absolute Gasteiger partial charge is 0.377 e. The summed E-state index contributed by atoms with van der Waals surface area (Å²) in [5.41, 5.74) is 1.26. The topological polar surface area (TPSA) is 83.1 Å². The number of para-hydroxylation sites is 1. The first-order chi connectivity index (χ1) is 16.3. The molecule has 0 aliphatic carbocycles. The fraction of sp³-hybridized carbons (Fsp3) is 0.417. The van der Waals surface area contributed by atoms with E-state index in [1.165, 1.54) is 27.8 Å². The number of fused-ring (bicyclic) bond motifs is 1. The summed E-state index contributed by atoms with van der Waals surface area (Å²) in [5, 5.41) is 0.626. The Labute approximate surface area is 217 Å². The Bertz CT molecular complexity index is 1210. The number of rotatable bonds is 9. The van der Waals surface area contributed by atoms with Gasteiger partial charge in [-0.3, -0.25) is 9.69 Å². The Morgan fingerprint density at radius 3 is 2.43 bits per heavy atom. The molecule has 1 aliphatic heterocycles. The van der Waals surface area contributed by atoms with Gasteiger partial charge in [-0.1, -0.05) is 23.5 Å². The second-order valence-electron chi connectivity index (χ2n) is 8.67. The Morgan fingerprint density at radius 2 is 1.80 bits per heavy atom. The van der Waals surface area contributed by atoms with Gasteiger partial charge in [0, 0.05) is 38.9 Å². The minimum atomic E-state index is -3.67. The van der Waals surface area contributed by atoms with Crippen LogP contribution in [0.25, 0.3) is 10.2 Å². The van der Waals surface area contributed by atoms with Crippen molar-refractivity contribution in [1.29, 1.82) is 0 Å². The van der Waals surface area contributed by atoms with Crippen LogP contribution in [0.1, 0.15) is 23.2 Å². The molecule has 35 heavy (non-hydrogen) atoms. The zero-order valence-electron chi connectivity index (χ0n) is 20.1. The first-order valence-corrected chi connectivity index (χ1v) is 13.5. The predicted molar refractivity (Wildman–Crippen MR) is 142 cm³/mol. The number of carbonyl (C=O) groups is 1. The lowest BCUT2D eigenvalue weighted by Crippen LogP contribution is -2.37. The lowest BCUT2D eigenvalue weighted by molar-refractivity contribution is 0.0978. The molecule has 1 unspecified atom stereocenters. The number of carbonyl (C=O) groups excluding carboxylic acids is 1. The van der Waals surface area contributed by atoms with E-state index in [-0.39, 0.29) is 29.3 Å². The Morgan fingerprint density at radius 1 is 1.09 bits per heavy atom. The maximum Gasteiger partial charge on any atom is 0.260 e. The molecule has 11 heteroatoms. The van der Waals surface area contributed by atoms with E-state index in [9.17, 15) is 13.2 Å². The number of ether oxygens (including phenoxy) is 1. The minimum Gasteiger partial charge on any atom is -0.377 e. The summed E-state index contributed by atoms with van der Waals surface area (Å²) in [6.45, 7) is 2.13. The number of hydrogen-bond donors (Lipinski definition) is 0. The average Bonchev–Trinajstić information content (AvgIpc) is 3.48. The molecular formula is C24H31ClN4O4S2. The zero-order chi connectivity index (χ0) is 24.3. The van der Waals surface area contributed by atoms with Crippen molar-refractivity contribution in [2.75, 3.05) is 52.3 Å². The van der Waals surface area contributed by atoms with Crippen molar-refractivity contribution >= 4 is 55.0 Å². The molecule has 2 heterocycles. The zero-order valence-corrected chi connectivity index (χ0v) is 22.5. The highest BCUT2D eigenvalue weighted by Crippen LogP contribution is 2.30. The molecule has 0 N–H and O–H groups in total. The van der Waals surface area contributed by atoms with E-state index in [4.69, 9.17) is 4.74 Å². The standard InChI is InChI=1S/C24H30N4O4S2.ClH/c1-26(2)14-15-28(24-25-21-8-4-5-9-22(21)33-24)23(29)18-10-12-20(13-11-18)34(30,31)27(3)17-19-7-6-16-32-19;/h4-5,8-13,19H,6-7,14-17H2,1-3H3;1H. The van der Waals surface area contributed by atoms with Crippen LogP contribution >= 0.6 is 23.7 Å². The molecule has 0 radical (unpaired) electrons. The molecule has 2 aromatic carbocycles. The number of nitrogens with zero attached hydrogens (tertiary/aromatic N) is 4. The molecule has 1 saturated heterocycles. The summed E-state index contributed by atoms with van der Waals surface area (Å²) in [6, 6.07) is 13.9. The maximum absolute atomic E-state index is 13.5. The summed E-state index contributed by atoms with van der Waals surface area (Å²) >= 11 is 1.47. The van der Waals surface area contributed by atoms with E-state index in [0.717, 1.165) is 23.1 Å². The van der Waals surface area contributed by atoms with Gasteiger partial charge in [-0.2, -0.15) is 4.31 Å². The highest BCUT2D eigenvalue weighted by atomic mass is 35.5. The van der Waals surface area contributed by atoms with Crippen LogP contribution in [0.15, 0.2) is 53.4 Å². The number of benzene rings is 2. The van der Waals surface area contributed by atoms with Crippen molar-refractivity contribution in [3.05, 3.63) is 54.1 Å². The monoisotopic (exact) mass is 538 g/mol. The number of aromatic nitrogens is 1. The third-order valence-corrected chi connectivity index (χ3v) is 8.72. The molecular weight excluding hydrogens is 508 g/mol.